The van der Waals surface area contributed by atoms with Gasteiger partial charge in [0.15, 0.2) is 0 Å². The van der Waals surface area contributed by atoms with Crippen molar-refractivity contribution in [2.45, 2.75) is 13.8 Å². The predicted octanol–water partition coefficient (Wildman–Crippen LogP) is 10.2. The Hall–Kier alpha value is -5.02. The van der Waals surface area contributed by atoms with Gasteiger partial charge in [-0.25, -0.2) is 9.98 Å². The van der Waals surface area contributed by atoms with E-state index in [1.165, 1.54) is 32.3 Å². The highest BCUT2D eigenvalue weighted by molar-refractivity contribution is 6.08. The highest BCUT2D eigenvalue weighted by Crippen LogP contribution is 2.32. The predicted molar refractivity (Wildman–Crippen MR) is 165 cm³/mol. The molecule has 39 heavy (non-hydrogen) atoms. The van der Waals surface area contributed by atoms with E-state index in [4.69, 9.17) is 14.4 Å². The van der Waals surface area contributed by atoms with E-state index in [1.54, 1.807) is 0 Å². The molecule has 186 valence electrons. The van der Waals surface area contributed by atoms with Crippen molar-refractivity contribution in [3.05, 3.63) is 133 Å². The van der Waals surface area contributed by atoms with Gasteiger partial charge in [0.1, 0.15) is 11.5 Å². The van der Waals surface area contributed by atoms with Crippen molar-refractivity contribution in [3.63, 3.8) is 0 Å². The van der Waals surface area contributed by atoms with E-state index in [2.05, 4.69) is 109 Å². The van der Waals surface area contributed by atoms with Crippen LogP contribution in [-0.2, 0) is 0 Å². The lowest BCUT2D eigenvalue weighted by Crippen LogP contribution is -1.94. The first-order valence-electron chi connectivity index (χ1n) is 13.2. The Morgan fingerprint density at radius 2 is 0.821 bits per heavy atom. The summed E-state index contributed by atoms with van der Waals surface area (Å²) in [6.45, 7) is 3.98. The van der Waals surface area contributed by atoms with Crippen molar-refractivity contribution in [2.24, 2.45) is 9.98 Å². The molecule has 0 saturated carbocycles. The minimum absolute atomic E-state index is 0.737. The zero-order valence-corrected chi connectivity index (χ0v) is 21.8. The van der Waals surface area contributed by atoms with Crippen LogP contribution in [0.3, 0.4) is 0 Å². The molecule has 0 atom stereocenters. The number of benzene rings is 6. The maximum absolute atomic E-state index is 6.25. The Kier molecular flexibility index (Phi) is 5.56. The minimum Gasteiger partial charge on any atom is -0.454 e. The molecule has 6 aromatic carbocycles. The van der Waals surface area contributed by atoms with Gasteiger partial charge in [0, 0.05) is 10.8 Å². The van der Waals surface area contributed by atoms with Crippen LogP contribution in [0.15, 0.2) is 136 Å². The molecule has 0 N–H and O–H groups in total. The van der Waals surface area contributed by atoms with Crippen LogP contribution in [0.2, 0.25) is 0 Å². The molecule has 0 aliphatic heterocycles. The van der Waals surface area contributed by atoms with Crippen LogP contribution < -0.4 is 0 Å². The van der Waals surface area contributed by atoms with Gasteiger partial charge in [0.25, 0.3) is 0 Å². The fourth-order valence-corrected chi connectivity index (χ4v) is 5.29. The number of rotatable bonds is 4. The lowest BCUT2D eigenvalue weighted by Gasteiger charge is -2.07. The zero-order valence-electron chi connectivity index (χ0n) is 21.8. The second kappa shape index (κ2) is 9.38. The highest BCUT2D eigenvalue weighted by Gasteiger charge is 2.11. The van der Waals surface area contributed by atoms with Gasteiger partial charge in [0.2, 0.25) is 0 Å². The maximum Gasteiger partial charge on any atom is 0.148 e. The number of aliphatic imine (C=N–C) groups is 2. The molecule has 0 aliphatic rings. The molecular formula is C36H26N2O. The molecule has 0 radical (unpaired) electrons. The third kappa shape index (κ3) is 4.28. The highest BCUT2D eigenvalue weighted by atomic mass is 16.3. The van der Waals surface area contributed by atoms with Crippen LogP contribution in [0.4, 0.5) is 11.4 Å². The van der Waals surface area contributed by atoms with Gasteiger partial charge in [-0.3, -0.25) is 0 Å². The molecule has 3 nitrogen and oxygen atoms in total. The van der Waals surface area contributed by atoms with E-state index in [0.717, 1.165) is 45.1 Å². The summed E-state index contributed by atoms with van der Waals surface area (Å²) in [5, 5.41) is 9.48. The molecule has 0 amide bonds. The molecule has 3 heteroatoms. The summed E-state index contributed by atoms with van der Waals surface area (Å²) < 4.78 is 6.25. The molecule has 0 aliphatic carbocycles. The molecule has 7 aromatic rings. The maximum atomic E-state index is 6.25. The van der Waals surface area contributed by atoms with Gasteiger partial charge >= 0.3 is 0 Å². The van der Waals surface area contributed by atoms with Gasteiger partial charge in [-0.2, -0.15) is 0 Å². The van der Waals surface area contributed by atoms with Crippen LogP contribution in [0.1, 0.15) is 25.4 Å². The van der Waals surface area contributed by atoms with Crippen molar-refractivity contribution in [1.29, 1.82) is 0 Å². The Bertz CT molecular complexity index is 1950. The Morgan fingerprint density at radius 1 is 0.436 bits per heavy atom. The Morgan fingerprint density at radius 3 is 1.26 bits per heavy atom. The van der Waals surface area contributed by atoms with Crippen molar-refractivity contribution in [2.75, 3.05) is 0 Å². The summed E-state index contributed by atoms with van der Waals surface area (Å²) >= 11 is 0. The summed E-state index contributed by atoms with van der Waals surface area (Å²) in [4.78, 5) is 9.95. The molecule has 0 unspecified atom stereocenters. The monoisotopic (exact) mass is 502 g/mol. The minimum atomic E-state index is 0.737. The number of nitrogens with zero attached hydrogens (tertiary/aromatic N) is 2. The zero-order chi connectivity index (χ0) is 26.3. The number of furan rings is 1. The summed E-state index contributed by atoms with van der Waals surface area (Å²) in [5.74, 6) is 1.47. The molecule has 0 fully saturated rings. The smallest absolute Gasteiger partial charge is 0.148 e. The third-order valence-corrected chi connectivity index (χ3v) is 7.34. The fraction of sp³-hybridized carbons (Fsp3) is 0.0556. The van der Waals surface area contributed by atoms with E-state index in [1.807, 2.05) is 26.0 Å². The van der Waals surface area contributed by atoms with Crippen molar-refractivity contribution in [3.8, 4) is 0 Å². The van der Waals surface area contributed by atoms with Crippen LogP contribution >= 0.6 is 0 Å². The van der Waals surface area contributed by atoms with E-state index >= 15 is 0 Å². The first kappa shape index (κ1) is 23.1. The normalized spacial score (nSPS) is 12.7. The molecular weight excluding hydrogens is 476 g/mol. The second-order valence-electron chi connectivity index (χ2n) is 9.95. The summed E-state index contributed by atoms with van der Waals surface area (Å²) in [7, 11) is 0. The molecule has 0 saturated heterocycles. The number of hydrogen-bond acceptors (Lipinski definition) is 3. The summed E-state index contributed by atoms with van der Waals surface area (Å²) in [6.07, 6.45) is 0. The number of hydrogen-bond donors (Lipinski definition) is 0. The molecule has 1 heterocycles. The topological polar surface area (TPSA) is 37.9 Å². The Balaban J connectivity index is 1.24. The Labute approximate surface area is 226 Å². The van der Waals surface area contributed by atoms with Crippen molar-refractivity contribution < 1.29 is 4.42 Å². The van der Waals surface area contributed by atoms with E-state index < -0.39 is 0 Å². The van der Waals surface area contributed by atoms with Gasteiger partial charge < -0.3 is 4.42 Å². The average molecular weight is 503 g/mol. The van der Waals surface area contributed by atoms with Gasteiger partial charge in [-0.15, -0.1) is 0 Å². The lowest BCUT2D eigenvalue weighted by molar-refractivity contribution is 0.548. The first-order chi connectivity index (χ1) is 19.1. The van der Waals surface area contributed by atoms with Crippen molar-refractivity contribution in [1.82, 2.24) is 0 Å². The van der Waals surface area contributed by atoms with Gasteiger partial charge in [0.05, 0.1) is 22.8 Å². The fourth-order valence-electron chi connectivity index (χ4n) is 5.29. The van der Waals surface area contributed by atoms with E-state index in [-0.39, 0.29) is 0 Å². The van der Waals surface area contributed by atoms with Crippen LogP contribution in [0.25, 0.3) is 43.1 Å². The van der Waals surface area contributed by atoms with Crippen LogP contribution in [-0.4, -0.2) is 11.4 Å². The van der Waals surface area contributed by atoms with Gasteiger partial charge in [-0.05, 0) is 94.7 Å². The van der Waals surface area contributed by atoms with Crippen molar-refractivity contribution >= 4 is 65.9 Å². The largest absolute Gasteiger partial charge is 0.454 e. The second-order valence-corrected chi connectivity index (χ2v) is 9.95. The van der Waals surface area contributed by atoms with Crippen LogP contribution in [0.5, 0.6) is 0 Å². The lowest BCUT2D eigenvalue weighted by atomic mass is 10.0. The summed E-state index contributed by atoms with van der Waals surface area (Å²) in [6, 6.07) is 42.2. The molecule has 7 rings (SSSR count). The first-order valence-corrected chi connectivity index (χ1v) is 13.2. The SMILES string of the molecule is CC(=Nc1cccc2cc3ccccc3cc12)c1ccc(C(C)=Nc2cccc3cc4ccccc4cc23)o1. The quantitative estimate of drug-likeness (QED) is 0.174. The standard InChI is InChI=1S/C36H26N2O/c1-23(37-33-15-7-13-29-19-25-9-3-5-11-27(25)21-31(29)33)35-17-18-36(39-35)24(2)38-34-16-8-14-30-20-26-10-4-6-12-28(26)22-32(30)34/h3-22H,1-2H3. The van der Waals surface area contributed by atoms with E-state index in [9.17, 15) is 0 Å². The summed E-state index contributed by atoms with van der Waals surface area (Å²) in [5.41, 5.74) is 3.52. The number of fused-ring (bicyclic) bond motifs is 4. The molecule has 0 bridgehead atoms. The van der Waals surface area contributed by atoms with Crippen LogP contribution in [0, 0.1) is 0 Å². The molecule has 1 aromatic heterocycles. The van der Waals surface area contributed by atoms with Gasteiger partial charge in [-0.1, -0.05) is 72.8 Å². The van der Waals surface area contributed by atoms with E-state index in [0.29, 0.717) is 0 Å². The molecule has 0 spiro atoms. The third-order valence-electron chi connectivity index (χ3n) is 7.34. The average Bonchev–Trinajstić information content (AvgIpc) is 3.47.